The van der Waals surface area contributed by atoms with Crippen LogP contribution in [0.15, 0.2) is 109 Å². The summed E-state index contributed by atoms with van der Waals surface area (Å²) in [7, 11) is 1.60. The summed E-state index contributed by atoms with van der Waals surface area (Å²) < 4.78 is 11.3. The van der Waals surface area contributed by atoms with Crippen LogP contribution in [0.3, 0.4) is 0 Å². The van der Waals surface area contributed by atoms with E-state index in [2.05, 4.69) is 15.3 Å². The lowest BCUT2D eigenvalue weighted by Gasteiger charge is -2.12. The molecule has 2 aromatic heterocycles. The summed E-state index contributed by atoms with van der Waals surface area (Å²) in [6.07, 6.45) is 1.76. The summed E-state index contributed by atoms with van der Waals surface area (Å²) in [5.74, 6) is 1.36. The predicted octanol–water partition coefficient (Wildman–Crippen LogP) is 6.90. The first kappa shape index (κ1) is 23.1. The van der Waals surface area contributed by atoms with Gasteiger partial charge in [-0.3, -0.25) is 9.78 Å². The second kappa shape index (κ2) is 9.99. The molecule has 0 unspecified atom stereocenters. The molecule has 0 atom stereocenters. The zero-order chi connectivity index (χ0) is 25.9. The van der Waals surface area contributed by atoms with Gasteiger partial charge in [0.05, 0.1) is 41.1 Å². The van der Waals surface area contributed by atoms with Gasteiger partial charge in [0.2, 0.25) is 5.88 Å². The van der Waals surface area contributed by atoms with Crippen LogP contribution in [0.1, 0.15) is 10.4 Å². The molecule has 0 fully saturated rings. The minimum Gasteiger partial charge on any atom is -0.497 e. The molecule has 2 heterocycles. The van der Waals surface area contributed by atoms with Gasteiger partial charge in [0, 0.05) is 22.7 Å². The molecule has 7 heteroatoms. The first-order valence-corrected chi connectivity index (χ1v) is 12.0. The van der Waals surface area contributed by atoms with Crippen LogP contribution in [0.4, 0.5) is 5.69 Å². The Bertz CT molecular complexity index is 1770. The van der Waals surface area contributed by atoms with E-state index in [1.54, 1.807) is 43.6 Å². The Balaban J connectivity index is 1.27. The van der Waals surface area contributed by atoms with Gasteiger partial charge in [-0.1, -0.05) is 30.3 Å². The highest BCUT2D eigenvalue weighted by molar-refractivity contribution is 6.12. The number of ether oxygens (including phenoxy) is 2. The van der Waals surface area contributed by atoms with E-state index in [4.69, 9.17) is 14.5 Å². The minimum atomic E-state index is -0.260. The van der Waals surface area contributed by atoms with E-state index in [0.29, 0.717) is 34.1 Å². The Morgan fingerprint density at radius 3 is 2.18 bits per heavy atom. The van der Waals surface area contributed by atoms with Crippen LogP contribution in [-0.2, 0) is 0 Å². The van der Waals surface area contributed by atoms with E-state index in [1.165, 1.54) is 0 Å². The number of aromatic nitrogens is 3. The van der Waals surface area contributed by atoms with Crippen molar-refractivity contribution in [3.8, 4) is 28.6 Å². The third-order valence-corrected chi connectivity index (χ3v) is 6.11. The Morgan fingerprint density at radius 1 is 0.737 bits per heavy atom. The van der Waals surface area contributed by atoms with E-state index in [1.807, 2.05) is 72.8 Å². The topological polar surface area (TPSA) is 86.2 Å². The molecular weight excluding hydrogens is 476 g/mol. The summed E-state index contributed by atoms with van der Waals surface area (Å²) in [6.45, 7) is 0. The molecule has 0 bridgehead atoms. The van der Waals surface area contributed by atoms with Gasteiger partial charge in [-0.2, -0.15) is 0 Å². The lowest BCUT2D eigenvalue weighted by molar-refractivity contribution is 0.102. The number of amides is 1. The fourth-order valence-corrected chi connectivity index (χ4v) is 4.17. The average molecular weight is 499 g/mol. The molecule has 0 aliphatic carbocycles. The second-order valence-electron chi connectivity index (χ2n) is 8.58. The van der Waals surface area contributed by atoms with Crippen molar-refractivity contribution in [3.05, 3.63) is 115 Å². The van der Waals surface area contributed by atoms with Crippen molar-refractivity contribution in [2.75, 3.05) is 12.4 Å². The number of pyridine rings is 1. The van der Waals surface area contributed by atoms with Gasteiger partial charge in [0.1, 0.15) is 11.5 Å². The molecule has 1 amide bonds. The number of hydrogen-bond acceptors (Lipinski definition) is 6. The molecule has 0 saturated carbocycles. The van der Waals surface area contributed by atoms with Crippen LogP contribution in [0.2, 0.25) is 0 Å². The average Bonchev–Trinajstić information content (AvgIpc) is 2.97. The molecule has 6 rings (SSSR count). The normalized spacial score (nSPS) is 10.9. The molecule has 1 N–H and O–H groups in total. The summed E-state index contributed by atoms with van der Waals surface area (Å²) in [4.78, 5) is 27.1. The summed E-state index contributed by atoms with van der Waals surface area (Å²) >= 11 is 0. The van der Waals surface area contributed by atoms with Gasteiger partial charge < -0.3 is 14.8 Å². The maximum absolute atomic E-state index is 13.2. The van der Waals surface area contributed by atoms with Crippen molar-refractivity contribution in [3.63, 3.8) is 0 Å². The number of nitrogens with zero attached hydrogens (tertiary/aromatic N) is 3. The third-order valence-electron chi connectivity index (χ3n) is 6.11. The van der Waals surface area contributed by atoms with Crippen LogP contribution in [0, 0.1) is 0 Å². The molecule has 0 aliphatic heterocycles. The lowest BCUT2D eigenvalue weighted by atomic mass is 10.1. The Kier molecular flexibility index (Phi) is 6.08. The van der Waals surface area contributed by atoms with Gasteiger partial charge in [0.15, 0.2) is 0 Å². The Hall–Kier alpha value is -5.30. The van der Waals surface area contributed by atoms with Crippen molar-refractivity contribution in [1.29, 1.82) is 0 Å². The van der Waals surface area contributed by atoms with Crippen molar-refractivity contribution in [1.82, 2.24) is 15.0 Å². The standard InChI is InChI=1S/C31H22N4O3/c1-37-22-16-12-21(13-17-22)33-31(36)25-18-30(35-26-7-3-2-6-24(25)26)38-23-14-10-20(11-15-23)29-19-32-27-8-4-5-9-28(27)34-29/h2-19H,1H3,(H,33,36). The molecule has 0 radical (unpaired) electrons. The molecule has 6 aromatic rings. The van der Waals surface area contributed by atoms with Crippen LogP contribution < -0.4 is 14.8 Å². The van der Waals surface area contributed by atoms with Crippen LogP contribution >= 0.6 is 0 Å². The van der Waals surface area contributed by atoms with Gasteiger partial charge in [-0.25, -0.2) is 9.97 Å². The second-order valence-corrected chi connectivity index (χ2v) is 8.58. The number of para-hydroxylation sites is 3. The number of fused-ring (bicyclic) bond motifs is 2. The predicted molar refractivity (Wildman–Crippen MR) is 148 cm³/mol. The van der Waals surface area contributed by atoms with Crippen molar-refractivity contribution in [2.24, 2.45) is 0 Å². The smallest absolute Gasteiger partial charge is 0.256 e. The first-order valence-electron chi connectivity index (χ1n) is 12.0. The molecule has 7 nitrogen and oxygen atoms in total. The molecule has 38 heavy (non-hydrogen) atoms. The monoisotopic (exact) mass is 498 g/mol. The first-order chi connectivity index (χ1) is 18.7. The number of anilines is 1. The summed E-state index contributed by atoms with van der Waals surface area (Å²) in [6, 6.07) is 31.6. The number of benzene rings is 4. The van der Waals surface area contributed by atoms with Gasteiger partial charge in [-0.15, -0.1) is 0 Å². The fourth-order valence-electron chi connectivity index (χ4n) is 4.17. The van der Waals surface area contributed by atoms with Crippen LogP contribution in [-0.4, -0.2) is 28.0 Å². The lowest BCUT2D eigenvalue weighted by Crippen LogP contribution is -2.13. The third kappa shape index (κ3) is 4.73. The minimum absolute atomic E-state index is 0.260. The highest BCUT2D eigenvalue weighted by atomic mass is 16.5. The van der Waals surface area contributed by atoms with E-state index >= 15 is 0 Å². The van der Waals surface area contributed by atoms with Gasteiger partial charge >= 0.3 is 0 Å². The van der Waals surface area contributed by atoms with Gasteiger partial charge in [-0.05, 0) is 66.7 Å². The number of carbonyl (C=O) groups is 1. The zero-order valence-corrected chi connectivity index (χ0v) is 20.5. The summed E-state index contributed by atoms with van der Waals surface area (Å²) in [5, 5.41) is 3.67. The SMILES string of the molecule is COc1ccc(NC(=O)c2cc(Oc3ccc(-c4cnc5ccccc5n4)cc3)nc3ccccc23)cc1. The van der Waals surface area contributed by atoms with Crippen molar-refractivity contribution < 1.29 is 14.3 Å². The molecule has 4 aromatic carbocycles. The Morgan fingerprint density at radius 2 is 1.42 bits per heavy atom. The molecular formula is C31H22N4O3. The quantitative estimate of drug-likeness (QED) is 0.269. The maximum atomic E-state index is 13.2. The summed E-state index contributed by atoms with van der Waals surface area (Å²) in [5.41, 5.74) is 5.17. The van der Waals surface area contributed by atoms with Crippen molar-refractivity contribution >= 4 is 33.5 Å². The molecule has 0 saturated heterocycles. The zero-order valence-electron chi connectivity index (χ0n) is 20.5. The number of rotatable bonds is 6. The van der Waals surface area contributed by atoms with E-state index in [9.17, 15) is 4.79 Å². The number of nitrogens with one attached hydrogen (secondary N) is 1. The molecule has 0 spiro atoms. The van der Waals surface area contributed by atoms with Crippen LogP contribution in [0.5, 0.6) is 17.4 Å². The largest absolute Gasteiger partial charge is 0.497 e. The molecule has 0 aliphatic rings. The number of hydrogen-bond donors (Lipinski definition) is 1. The molecule has 184 valence electrons. The van der Waals surface area contributed by atoms with Crippen LogP contribution in [0.25, 0.3) is 33.2 Å². The highest BCUT2D eigenvalue weighted by Crippen LogP contribution is 2.29. The Labute approximate surface area is 218 Å². The fraction of sp³-hybridized carbons (Fsp3) is 0.0323. The van der Waals surface area contributed by atoms with E-state index < -0.39 is 0 Å². The maximum Gasteiger partial charge on any atom is 0.256 e. The van der Waals surface area contributed by atoms with Gasteiger partial charge in [0.25, 0.3) is 5.91 Å². The highest BCUT2D eigenvalue weighted by Gasteiger charge is 2.15. The van der Waals surface area contributed by atoms with E-state index in [0.717, 1.165) is 27.7 Å². The number of carbonyl (C=O) groups excluding carboxylic acids is 1. The van der Waals surface area contributed by atoms with E-state index in [-0.39, 0.29) is 5.91 Å². The number of methoxy groups -OCH3 is 1. The van der Waals surface area contributed by atoms with Crippen molar-refractivity contribution in [2.45, 2.75) is 0 Å².